The fourth-order valence-corrected chi connectivity index (χ4v) is 3.37. The molecule has 0 amide bonds. The number of pyridine rings is 1. The summed E-state index contributed by atoms with van der Waals surface area (Å²) in [6.45, 7) is 4.04. The number of hydrogen-bond acceptors (Lipinski definition) is 4. The summed E-state index contributed by atoms with van der Waals surface area (Å²) in [4.78, 5) is 5.56. The van der Waals surface area contributed by atoms with Crippen LogP contribution in [-0.2, 0) is 5.75 Å². The van der Waals surface area contributed by atoms with Crippen molar-refractivity contribution in [2.45, 2.75) is 24.5 Å². The molecule has 2 aromatic rings. The second-order valence-electron chi connectivity index (χ2n) is 4.52. The highest BCUT2D eigenvalue weighted by Gasteiger charge is 2.10. The Hall–Kier alpha value is -1.20. The first-order valence-corrected chi connectivity index (χ1v) is 7.97. The quantitative estimate of drug-likeness (QED) is 0.656. The lowest BCUT2D eigenvalue weighted by Gasteiger charge is -2.12. The summed E-state index contributed by atoms with van der Waals surface area (Å²) < 4.78 is 6.42. The molecule has 0 unspecified atom stereocenters. The molecule has 2 N–H and O–H groups in total. The molecule has 106 valence electrons. The highest BCUT2D eigenvalue weighted by atomic mass is 79.9. The van der Waals surface area contributed by atoms with E-state index < -0.39 is 0 Å². The standard InChI is InChI=1S/C15H17BrN2OS/c1-9-7-18-13(10(2)15(9)19-3)8-20-14-5-4-11(16)6-12(14)17/h4-7H,8,17H2,1-3H3. The van der Waals surface area contributed by atoms with Crippen molar-refractivity contribution in [2.24, 2.45) is 0 Å². The summed E-state index contributed by atoms with van der Waals surface area (Å²) in [5.41, 5.74) is 9.96. The Morgan fingerprint density at radius 3 is 2.75 bits per heavy atom. The molecule has 0 spiro atoms. The van der Waals surface area contributed by atoms with E-state index in [1.54, 1.807) is 18.9 Å². The zero-order valence-corrected chi connectivity index (χ0v) is 14.1. The maximum Gasteiger partial charge on any atom is 0.128 e. The molecule has 0 aliphatic carbocycles. The lowest BCUT2D eigenvalue weighted by molar-refractivity contribution is 0.407. The molecule has 2 rings (SSSR count). The van der Waals surface area contributed by atoms with Crippen molar-refractivity contribution >= 4 is 33.4 Å². The minimum atomic E-state index is 0.772. The highest BCUT2D eigenvalue weighted by Crippen LogP contribution is 2.32. The Balaban J connectivity index is 2.19. The third-order valence-electron chi connectivity index (χ3n) is 3.09. The molecule has 0 radical (unpaired) electrons. The SMILES string of the molecule is COc1c(C)cnc(CSc2ccc(Br)cc2N)c1C. The number of aromatic nitrogens is 1. The second kappa shape index (κ2) is 6.50. The van der Waals surface area contributed by atoms with Gasteiger partial charge in [-0.15, -0.1) is 11.8 Å². The van der Waals surface area contributed by atoms with E-state index in [1.807, 2.05) is 38.2 Å². The zero-order chi connectivity index (χ0) is 14.7. The number of hydrogen-bond donors (Lipinski definition) is 1. The number of halogens is 1. The van der Waals surface area contributed by atoms with E-state index in [0.29, 0.717) is 0 Å². The van der Waals surface area contributed by atoms with Crippen molar-refractivity contribution in [3.63, 3.8) is 0 Å². The Bertz CT molecular complexity index is 632. The first kappa shape index (κ1) is 15.2. The van der Waals surface area contributed by atoms with Crippen molar-refractivity contribution < 1.29 is 4.74 Å². The molecular weight excluding hydrogens is 336 g/mol. The predicted octanol–water partition coefficient (Wildman–Crippen LogP) is 4.34. The van der Waals surface area contributed by atoms with Crippen molar-refractivity contribution in [3.05, 3.63) is 45.7 Å². The molecule has 0 atom stereocenters. The molecule has 0 bridgehead atoms. The number of thioether (sulfide) groups is 1. The second-order valence-corrected chi connectivity index (χ2v) is 6.45. The van der Waals surface area contributed by atoms with Crippen molar-refractivity contribution in [3.8, 4) is 5.75 Å². The van der Waals surface area contributed by atoms with Gasteiger partial charge in [0, 0.05) is 38.1 Å². The summed E-state index contributed by atoms with van der Waals surface area (Å²) in [5.74, 6) is 1.69. The Morgan fingerprint density at radius 1 is 1.35 bits per heavy atom. The first-order valence-electron chi connectivity index (χ1n) is 6.19. The van der Waals surface area contributed by atoms with E-state index in [9.17, 15) is 0 Å². The van der Waals surface area contributed by atoms with Crippen LogP contribution in [0.4, 0.5) is 5.69 Å². The van der Waals surface area contributed by atoms with Crippen LogP contribution in [0.25, 0.3) is 0 Å². The maximum atomic E-state index is 6.01. The van der Waals surface area contributed by atoms with E-state index >= 15 is 0 Å². The molecule has 1 heterocycles. The van der Waals surface area contributed by atoms with Crippen LogP contribution in [0, 0.1) is 13.8 Å². The minimum Gasteiger partial charge on any atom is -0.496 e. The number of nitrogens with zero attached hydrogens (tertiary/aromatic N) is 1. The zero-order valence-electron chi connectivity index (χ0n) is 11.7. The van der Waals surface area contributed by atoms with Crippen LogP contribution in [-0.4, -0.2) is 12.1 Å². The number of methoxy groups -OCH3 is 1. The molecule has 1 aromatic heterocycles. The third kappa shape index (κ3) is 3.27. The van der Waals surface area contributed by atoms with Gasteiger partial charge >= 0.3 is 0 Å². The number of ether oxygens (including phenoxy) is 1. The largest absolute Gasteiger partial charge is 0.496 e. The molecule has 5 heteroatoms. The Morgan fingerprint density at radius 2 is 2.10 bits per heavy atom. The van der Waals surface area contributed by atoms with Gasteiger partial charge in [-0.1, -0.05) is 15.9 Å². The van der Waals surface area contributed by atoms with Crippen LogP contribution < -0.4 is 10.5 Å². The topological polar surface area (TPSA) is 48.1 Å². The van der Waals surface area contributed by atoms with Crippen LogP contribution >= 0.6 is 27.7 Å². The lowest BCUT2D eigenvalue weighted by Crippen LogP contribution is -1.99. The van der Waals surface area contributed by atoms with Gasteiger partial charge in [0.1, 0.15) is 5.75 Å². The number of anilines is 1. The van der Waals surface area contributed by atoms with Gasteiger partial charge in [0.05, 0.1) is 12.8 Å². The summed E-state index contributed by atoms with van der Waals surface area (Å²) in [6.07, 6.45) is 1.85. The van der Waals surface area contributed by atoms with E-state index in [0.717, 1.165) is 43.4 Å². The van der Waals surface area contributed by atoms with Crippen LogP contribution in [0.3, 0.4) is 0 Å². The van der Waals surface area contributed by atoms with Crippen molar-refractivity contribution in [2.75, 3.05) is 12.8 Å². The summed E-state index contributed by atoms with van der Waals surface area (Å²) >= 11 is 5.10. The number of nitrogens with two attached hydrogens (primary N) is 1. The smallest absolute Gasteiger partial charge is 0.128 e. The van der Waals surface area contributed by atoms with Gasteiger partial charge in [0.25, 0.3) is 0 Å². The Kier molecular flexibility index (Phi) is 4.94. The summed E-state index contributed by atoms with van der Waals surface area (Å²) in [5, 5.41) is 0. The van der Waals surface area contributed by atoms with Gasteiger partial charge in [-0.2, -0.15) is 0 Å². The fraction of sp³-hybridized carbons (Fsp3) is 0.267. The molecule has 0 saturated heterocycles. The van der Waals surface area contributed by atoms with Gasteiger partial charge in [-0.05, 0) is 32.0 Å². The molecule has 0 aliphatic rings. The van der Waals surface area contributed by atoms with E-state index in [1.165, 1.54) is 0 Å². The van der Waals surface area contributed by atoms with Gasteiger partial charge in [0.15, 0.2) is 0 Å². The predicted molar refractivity (Wildman–Crippen MR) is 88.4 cm³/mol. The monoisotopic (exact) mass is 352 g/mol. The van der Waals surface area contributed by atoms with Crippen LogP contribution in [0.2, 0.25) is 0 Å². The van der Waals surface area contributed by atoms with E-state index in [-0.39, 0.29) is 0 Å². The third-order valence-corrected chi connectivity index (χ3v) is 4.68. The lowest BCUT2D eigenvalue weighted by atomic mass is 10.1. The van der Waals surface area contributed by atoms with Gasteiger partial charge in [-0.3, -0.25) is 4.98 Å². The highest BCUT2D eigenvalue weighted by molar-refractivity contribution is 9.10. The Labute approximate surface area is 132 Å². The van der Waals surface area contributed by atoms with E-state index in [4.69, 9.17) is 10.5 Å². The summed E-state index contributed by atoms with van der Waals surface area (Å²) in [6, 6.07) is 5.93. The van der Waals surface area contributed by atoms with E-state index in [2.05, 4.69) is 20.9 Å². The van der Waals surface area contributed by atoms with Gasteiger partial charge in [0.2, 0.25) is 0 Å². The average molecular weight is 353 g/mol. The average Bonchev–Trinajstić information content (AvgIpc) is 2.40. The van der Waals surface area contributed by atoms with Crippen LogP contribution in [0.1, 0.15) is 16.8 Å². The van der Waals surface area contributed by atoms with Gasteiger partial charge in [-0.25, -0.2) is 0 Å². The molecular formula is C15H17BrN2OS. The minimum absolute atomic E-state index is 0.772. The van der Waals surface area contributed by atoms with Gasteiger partial charge < -0.3 is 10.5 Å². The van der Waals surface area contributed by atoms with Crippen LogP contribution in [0.5, 0.6) is 5.75 Å². The molecule has 20 heavy (non-hydrogen) atoms. The number of aryl methyl sites for hydroxylation is 1. The number of rotatable bonds is 4. The molecule has 0 fully saturated rings. The molecule has 1 aromatic carbocycles. The molecule has 3 nitrogen and oxygen atoms in total. The molecule has 0 saturated carbocycles. The fourth-order valence-electron chi connectivity index (χ4n) is 2.01. The normalized spacial score (nSPS) is 10.6. The first-order chi connectivity index (χ1) is 9.52. The molecule has 0 aliphatic heterocycles. The van der Waals surface area contributed by atoms with Crippen molar-refractivity contribution in [1.82, 2.24) is 4.98 Å². The number of nitrogen functional groups attached to an aromatic ring is 1. The number of benzene rings is 1. The maximum absolute atomic E-state index is 6.01. The van der Waals surface area contributed by atoms with Crippen LogP contribution in [0.15, 0.2) is 33.8 Å². The van der Waals surface area contributed by atoms with Crippen molar-refractivity contribution in [1.29, 1.82) is 0 Å². The summed E-state index contributed by atoms with van der Waals surface area (Å²) in [7, 11) is 1.69.